The second-order valence-electron chi connectivity index (χ2n) is 10.7. The first kappa shape index (κ1) is 24.2. The van der Waals surface area contributed by atoms with Crippen molar-refractivity contribution < 1.29 is 9.59 Å². The lowest BCUT2D eigenvalue weighted by Gasteiger charge is -2.42. The first-order valence-electron chi connectivity index (χ1n) is 13.6. The highest BCUT2D eigenvalue weighted by atomic mass is 16.2. The number of nitrogens with zero attached hydrogens (tertiary/aromatic N) is 2. The molecule has 1 saturated heterocycles. The van der Waals surface area contributed by atoms with E-state index in [1.807, 2.05) is 54.6 Å². The van der Waals surface area contributed by atoms with Crippen LogP contribution < -0.4 is 10.6 Å². The average Bonchev–Trinajstić information content (AvgIpc) is 3.43. The summed E-state index contributed by atoms with van der Waals surface area (Å²) >= 11 is 0. The summed E-state index contributed by atoms with van der Waals surface area (Å²) in [7, 11) is 0. The lowest BCUT2D eigenvalue weighted by molar-refractivity contribution is -0.138. The fraction of sp³-hybridized carbons (Fsp3) is 0.344. The first-order valence-corrected chi connectivity index (χ1v) is 13.6. The van der Waals surface area contributed by atoms with Crippen molar-refractivity contribution in [2.75, 3.05) is 11.9 Å². The van der Waals surface area contributed by atoms with E-state index in [0.717, 1.165) is 43.4 Å². The highest BCUT2D eigenvalue weighted by Gasteiger charge is 2.48. The molecule has 0 unspecified atom stereocenters. The summed E-state index contributed by atoms with van der Waals surface area (Å²) in [5.41, 5.74) is 4.43. The standard InChI is InChI=1S/C32H32N4O2/c1-33-23-16-17-24-28(20-23)34-29(21-10-4-2-5-11-21)26-18-19-36(30(24)26)32(38)25-14-8-9-15-27(25)35-31(37)22-12-6-3-7-13-22/h2-7,10-13,16-17,20,25-27,29-30,34H,8-9,14-15,18-19H2,(H,35,37)/t25-,26-,27+,29+,30+/m0/s1. The van der Waals surface area contributed by atoms with Crippen LogP contribution in [0.1, 0.15) is 65.7 Å². The Morgan fingerprint density at radius 1 is 0.921 bits per heavy atom. The predicted molar refractivity (Wildman–Crippen MR) is 148 cm³/mol. The predicted octanol–water partition coefficient (Wildman–Crippen LogP) is 6.28. The molecule has 6 heteroatoms. The van der Waals surface area contributed by atoms with Crippen LogP contribution in [0.5, 0.6) is 0 Å². The molecule has 2 aliphatic heterocycles. The first-order chi connectivity index (χ1) is 18.6. The zero-order valence-corrected chi connectivity index (χ0v) is 21.3. The van der Waals surface area contributed by atoms with Crippen molar-refractivity contribution in [3.63, 3.8) is 0 Å². The number of nitrogens with one attached hydrogen (secondary N) is 2. The van der Waals surface area contributed by atoms with E-state index in [9.17, 15) is 9.59 Å². The molecule has 0 bridgehead atoms. The van der Waals surface area contributed by atoms with E-state index in [-0.39, 0.29) is 41.8 Å². The quantitative estimate of drug-likeness (QED) is 0.411. The zero-order chi connectivity index (χ0) is 26.1. The van der Waals surface area contributed by atoms with Crippen molar-refractivity contribution in [3.05, 3.63) is 107 Å². The molecule has 2 amide bonds. The molecule has 5 atom stereocenters. The van der Waals surface area contributed by atoms with Crippen LogP contribution in [0.4, 0.5) is 11.4 Å². The summed E-state index contributed by atoms with van der Waals surface area (Å²) in [5.74, 6) is 0.0295. The van der Waals surface area contributed by atoms with Crippen LogP contribution in [0.2, 0.25) is 0 Å². The Bertz CT molecular complexity index is 1370. The van der Waals surface area contributed by atoms with Gasteiger partial charge in [0.15, 0.2) is 5.69 Å². The minimum absolute atomic E-state index is 0.0591. The largest absolute Gasteiger partial charge is 0.379 e. The second-order valence-corrected chi connectivity index (χ2v) is 10.7. The van der Waals surface area contributed by atoms with E-state index >= 15 is 0 Å². The Hall–Kier alpha value is -4.11. The summed E-state index contributed by atoms with van der Waals surface area (Å²) in [6.45, 7) is 8.20. The molecule has 3 aromatic rings. The van der Waals surface area contributed by atoms with E-state index in [2.05, 4.69) is 44.6 Å². The van der Waals surface area contributed by atoms with E-state index < -0.39 is 0 Å². The average molecular weight is 505 g/mol. The van der Waals surface area contributed by atoms with Gasteiger partial charge in [-0.25, -0.2) is 4.85 Å². The summed E-state index contributed by atoms with van der Waals surface area (Å²) in [6, 6.07) is 25.3. The highest BCUT2D eigenvalue weighted by Crippen LogP contribution is 2.52. The molecule has 6 nitrogen and oxygen atoms in total. The fourth-order valence-corrected chi connectivity index (χ4v) is 6.73. The third-order valence-corrected chi connectivity index (χ3v) is 8.55. The molecule has 1 saturated carbocycles. The van der Waals surface area contributed by atoms with Crippen LogP contribution in [-0.4, -0.2) is 29.3 Å². The molecule has 0 spiro atoms. The van der Waals surface area contributed by atoms with E-state index in [1.165, 1.54) is 5.56 Å². The summed E-state index contributed by atoms with van der Waals surface area (Å²) < 4.78 is 0. The van der Waals surface area contributed by atoms with Crippen molar-refractivity contribution in [3.8, 4) is 0 Å². The molecular formula is C32H32N4O2. The van der Waals surface area contributed by atoms with Gasteiger partial charge >= 0.3 is 0 Å². The number of amides is 2. The van der Waals surface area contributed by atoms with Gasteiger partial charge in [-0.05, 0) is 48.6 Å². The third kappa shape index (κ3) is 4.43. The van der Waals surface area contributed by atoms with Gasteiger partial charge < -0.3 is 15.5 Å². The molecule has 192 valence electrons. The Kier molecular flexibility index (Phi) is 6.59. The molecule has 38 heavy (non-hydrogen) atoms. The third-order valence-electron chi connectivity index (χ3n) is 8.55. The van der Waals surface area contributed by atoms with E-state index in [4.69, 9.17) is 6.57 Å². The molecule has 2 N–H and O–H groups in total. The number of hydrogen-bond donors (Lipinski definition) is 2. The lowest BCUT2D eigenvalue weighted by Crippen LogP contribution is -2.50. The monoisotopic (exact) mass is 504 g/mol. The Morgan fingerprint density at radius 3 is 2.42 bits per heavy atom. The SMILES string of the molecule is [C-]#[N+]c1ccc2c(c1)N[C@H](c1ccccc1)[C@@H]1CCN(C(=O)[C@H]3CCCC[C@H]3NC(=O)c3ccccc3)[C@H]21. The Morgan fingerprint density at radius 2 is 1.66 bits per heavy atom. The van der Waals surface area contributed by atoms with Crippen molar-refractivity contribution >= 4 is 23.2 Å². The number of benzene rings is 3. The Balaban J connectivity index is 1.30. The van der Waals surface area contributed by atoms with Crippen LogP contribution in [0.3, 0.4) is 0 Å². The number of fused-ring (bicyclic) bond motifs is 3. The fourth-order valence-electron chi connectivity index (χ4n) is 6.73. The van der Waals surface area contributed by atoms with Crippen molar-refractivity contribution in [2.45, 2.75) is 50.2 Å². The maximum atomic E-state index is 14.3. The minimum atomic E-state index is -0.230. The van der Waals surface area contributed by atoms with Crippen molar-refractivity contribution in [1.82, 2.24) is 10.2 Å². The van der Waals surface area contributed by atoms with Gasteiger partial charge in [-0.2, -0.15) is 0 Å². The molecule has 0 aromatic heterocycles. The second kappa shape index (κ2) is 10.3. The summed E-state index contributed by atoms with van der Waals surface area (Å²) in [5, 5.41) is 6.91. The molecule has 3 aromatic carbocycles. The molecule has 2 heterocycles. The normalized spacial score (nSPS) is 25.9. The van der Waals surface area contributed by atoms with Crippen LogP contribution in [0.15, 0.2) is 78.9 Å². The highest BCUT2D eigenvalue weighted by molar-refractivity contribution is 5.95. The number of anilines is 1. The maximum Gasteiger partial charge on any atom is 0.251 e. The topological polar surface area (TPSA) is 65.8 Å². The van der Waals surface area contributed by atoms with E-state index in [0.29, 0.717) is 17.8 Å². The number of hydrogen-bond acceptors (Lipinski definition) is 3. The zero-order valence-electron chi connectivity index (χ0n) is 21.3. The molecule has 2 fully saturated rings. The lowest BCUT2D eigenvalue weighted by atomic mass is 9.79. The molecule has 0 radical (unpaired) electrons. The maximum absolute atomic E-state index is 14.3. The van der Waals surface area contributed by atoms with Gasteiger partial charge in [0.2, 0.25) is 5.91 Å². The number of carbonyl (C=O) groups excluding carboxylic acids is 2. The van der Waals surface area contributed by atoms with Gasteiger partial charge in [-0.3, -0.25) is 9.59 Å². The summed E-state index contributed by atoms with van der Waals surface area (Å²) in [4.78, 5) is 33.0. The molecule has 3 aliphatic rings. The van der Waals surface area contributed by atoms with Gasteiger partial charge in [0, 0.05) is 29.8 Å². The smallest absolute Gasteiger partial charge is 0.251 e. The van der Waals surface area contributed by atoms with Crippen molar-refractivity contribution in [2.24, 2.45) is 11.8 Å². The molecular weight excluding hydrogens is 472 g/mol. The van der Waals surface area contributed by atoms with Crippen LogP contribution in [-0.2, 0) is 4.79 Å². The van der Waals surface area contributed by atoms with Gasteiger partial charge in [0.25, 0.3) is 5.91 Å². The number of rotatable bonds is 4. The molecule has 1 aliphatic carbocycles. The van der Waals surface area contributed by atoms with Gasteiger partial charge in [0.1, 0.15) is 0 Å². The van der Waals surface area contributed by atoms with E-state index in [1.54, 1.807) is 0 Å². The van der Waals surface area contributed by atoms with Gasteiger partial charge in [0.05, 0.1) is 24.6 Å². The van der Waals surface area contributed by atoms with Gasteiger partial charge in [-0.15, -0.1) is 0 Å². The summed E-state index contributed by atoms with van der Waals surface area (Å²) in [6.07, 6.45) is 4.51. The van der Waals surface area contributed by atoms with Crippen LogP contribution >= 0.6 is 0 Å². The van der Waals surface area contributed by atoms with Crippen molar-refractivity contribution in [1.29, 1.82) is 0 Å². The number of likely N-dealkylation sites (tertiary alicyclic amines) is 1. The van der Waals surface area contributed by atoms with Crippen LogP contribution in [0.25, 0.3) is 4.85 Å². The Labute approximate surface area is 223 Å². The number of carbonyl (C=O) groups is 2. The van der Waals surface area contributed by atoms with Crippen LogP contribution in [0, 0.1) is 18.4 Å². The minimum Gasteiger partial charge on any atom is -0.379 e. The van der Waals surface area contributed by atoms with Gasteiger partial charge in [-0.1, -0.05) is 73.5 Å². The molecule has 6 rings (SSSR count).